The predicted octanol–water partition coefficient (Wildman–Crippen LogP) is 3.10. The van der Waals surface area contributed by atoms with Crippen molar-refractivity contribution >= 4 is 40.0 Å². The maximum Gasteiger partial charge on any atom is 0.339 e. The number of ketones is 2. The summed E-state index contributed by atoms with van der Waals surface area (Å²) in [5.41, 5.74) is 1.43. The monoisotopic (exact) mass is 452 g/mol. The number of aromatic nitrogens is 1. The van der Waals surface area contributed by atoms with Crippen LogP contribution in [0.25, 0.3) is 10.9 Å². The molecule has 0 spiro atoms. The molecule has 0 fully saturated rings. The number of fused-ring (bicyclic) bond motifs is 3. The third-order valence-corrected chi connectivity index (χ3v) is 5.51. The number of hydrogen-bond acceptors (Lipinski definition) is 6. The number of nitrogens with one attached hydrogen (secondary N) is 2. The first-order valence-electron chi connectivity index (χ1n) is 10.3. The molecule has 2 N–H and O–H groups in total. The molecule has 0 bridgehead atoms. The Morgan fingerprint density at radius 1 is 0.765 bits per heavy atom. The van der Waals surface area contributed by atoms with Gasteiger partial charge in [-0.1, -0.05) is 42.5 Å². The molecule has 0 saturated carbocycles. The van der Waals surface area contributed by atoms with E-state index in [4.69, 9.17) is 4.74 Å². The zero-order chi connectivity index (χ0) is 23.8. The Morgan fingerprint density at radius 3 is 2.18 bits per heavy atom. The highest BCUT2D eigenvalue weighted by atomic mass is 16.5. The smallest absolute Gasteiger partial charge is 0.339 e. The Kier molecular flexibility index (Phi) is 5.10. The van der Waals surface area contributed by atoms with Gasteiger partial charge in [-0.2, -0.15) is 0 Å². The lowest BCUT2D eigenvalue weighted by Gasteiger charge is -2.18. The number of benzene rings is 3. The fourth-order valence-corrected chi connectivity index (χ4v) is 3.96. The molecule has 5 rings (SSSR count). The molecule has 1 amide bonds. The molecule has 3 aromatic carbocycles. The SMILES string of the molecule is O=C(COC(=O)c1cc(=O)[nH]c2ccccc12)Nc1ccc2c(c1)C(=O)c1ccccc1C2=O. The second-order valence-electron chi connectivity index (χ2n) is 7.68. The summed E-state index contributed by atoms with van der Waals surface area (Å²) in [4.78, 5) is 64.9. The Labute approximate surface area is 192 Å². The summed E-state index contributed by atoms with van der Waals surface area (Å²) in [6.45, 7) is -0.604. The molecular weight excluding hydrogens is 436 g/mol. The van der Waals surface area contributed by atoms with E-state index >= 15 is 0 Å². The van der Waals surface area contributed by atoms with E-state index in [9.17, 15) is 24.0 Å². The molecule has 1 aromatic heterocycles. The van der Waals surface area contributed by atoms with Crippen molar-refractivity contribution in [3.63, 3.8) is 0 Å². The number of esters is 1. The number of carbonyl (C=O) groups excluding carboxylic acids is 4. The van der Waals surface area contributed by atoms with Gasteiger partial charge in [0, 0.05) is 44.9 Å². The van der Waals surface area contributed by atoms with Crippen molar-refractivity contribution in [3.05, 3.63) is 111 Å². The molecule has 0 radical (unpaired) electrons. The van der Waals surface area contributed by atoms with Gasteiger partial charge in [-0.25, -0.2) is 4.79 Å². The van der Waals surface area contributed by atoms with Gasteiger partial charge in [0.15, 0.2) is 18.2 Å². The summed E-state index contributed by atoms with van der Waals surface area (Å²) in [5.74, 6) is -2.03. The predicted molar refractivity (Wildman–Crippen MR) is 123 cm³/mol. The van der Waals surface area contributed by atoms with Gasteiger partial charge in [0.2, 0.25) is 5.56 Å². The number of anilines is 1. The fraction of sp³-hybridized carbons (Fsp3) is 0.0385. The van der Waals surface area contributed by atoms with Crippen LogP contribution in [0, 0.1) is 0 Å². The normalized spacial score (nSPS) is 12.1. The summed E-state index contributed by atoms with van der Waals surface area (Å²) < 4.78 is 5.10. The highest BCUT2D eigenvalue weighted by Gasteiger charge is 2.29. The van der Waals surface area contributed by atoms with Gasteiger partial charge >= 0.3 is 5.97 Å². The molecule has 0 atom stereocenters. The summed E-state index contributed by atoms with van der Waals surface area (Å²) in [7, 11) is 0. The number of para-hydroxylation sites is 1. The lowest BCUT2D eigenvalue weighted by atomic mass is 9.84. The van der Waals surface area contributed by atoms with Gasteiger partial charge in [-0.3, -0.25) is 19.2 Å². The number of H-pyrrole nitrogens is 1. The lowest BCUT2D eigenvalue weighted by Crippen LogP contribution is -2.23. The summed E-state index contributed by atoms with van der Waals surface area (Å²) >= 11 is 0. The molecule has 34 heavy (non-hydrogen) atoms. The van der Waals surface area contributed by atoms with Crippen LogP contribution in [0.2, 0.25) is 0 Å². The van der Waals surface area contributed by atoms with Crippen molar-refractivity contribution < 1.29 is 23.9 Å². The standard InChI is InChI=1S/C26H16N2O6/c29-22-12-20(15-5-3-4-8-21(15)28-22)26(33)34-13-23(30)27-14-9-10-18-19(11-14)25(32)17-7-2-1-6-16(17)24(18)31/h1-12H,13H2,(H,27,30)(H,28,29). The van der Waals surface area contributed by atoms with Crippen LogP contribution in [0.3, 0.4) is 0 Å². The molecule has 4 aromatic rings. The summed E-state index contributed by atoms with van der Waals surface area (Å²) in [6.07, 6.45) is 0. The Morgan fingerprint density at radius 2 is 1.41 bits per heavy atom. The van der Waals surface area contributed by atoms with Gasteiger partial charge in [0.25, 0.3) is 5.91 Å². The number of hydrogen-bond donors (Lipinski definition) is 2. The van der Waals surface area contributed by atoms with Crippen LogP contribution in [0.1, 0.15) is 42.2 Å². The molecule has 1 aliphatic carbocycles. The zero-order valence-corrected chi connectivity index (χ0v) is 17.6. The number of pyridine rings is 1. The van der Waals surface area contributed by atoms with E-state index < -0.39 is 24.0 Å². The van der Waals surface area contributed by atoms with Crippen LogP contribution in [0.15, 0.2) is 77.6 Å². The number of carbonyl (C=O) groups is 4. The third-order valence-electron chi connectivity index (χ3n) is 5.51. The average Bonchev–Trinajstić information content (AvgIpc) is 2.85. The highest BCUT2D eigenvalue weighted by Crippen LogP contribution is 2.29. The van der Waals surface area contributed by atoms with E-state index in [-0.39, 0.29) is 33.9 Å². The topological polar surface area (TPSA) is 122 Å². The second-order valence-corrected chi connectivity index (χ2v) is 7.68. The molecule has 0 aliphatic heterocycles. The van der Waals surface area contributed by atoms with Crippen LogP contribution >= 0.6 is 0 Å². The molecule has 166 valence electrons. The number of amides is 1. The Bertz CT molecular complexity index is 1580. The van der Waals surface area contributed by atoms with Crippen molar-refractivity contribution in [3.8, 4) is 0 Å². The minimum Gasteiger partial charge on any atom is -0.452 e. The van der Waals surface area contributed by atoms with E-state index in [0.717, 1.165) is 6.07 Å². The quantitative estimate of drug-likeness (QED) is 0.404. The lowest BCUT2D eigenvalue weighted by molar-refractivity contribution is -0.119. The van der Waals surface area contributed by atoms with E-state index in [2.05, 4.69) is 10.3 Å². The Balaban J connectivity index is 1.31. The van der Waals surface area contributed by atoms with Crippen molar-refractivity contribution in [1.82, 2.24) is 4.98 Å². The van der Waals surface area contributed by atoms with Crippen LogP contribution in [-0.4, -0.2) is 35.0 Å². The van der Waals surface area contributed by atoms with Crippen molar-refractivity contribution in [2.24, 2.45) is 0 Å². The maximum atomic E-state index is 12.8. The summed E-state index contributed by atoms with van der Waals surface area (Å²) in [5, 5.41) is 3.05. The van der Waals surface area contributed by atoms with Gasteiger partial charge in [0.1, 0.15) is 0 Å². The van der Waals surface area contributed by atoms with Crippen LogP contribution < -0.4 is 10.9 Å². The second kappa shape index (κ2) is 8.25. The average molecular weight is 452 g/mol. The maximum absolute atomic E-state index is 12.8. The van der Waals surface area contributed by atoms with Crippen LogP contribution in [0.5, 0.6) is 0 Å². The van der Waals surface area contributed by atoms with Crippen molar-refractivity contribution in [1.29, 1.82) is 0 Å². The highest BCUT2D eigenvalue weighted by molar-refractivity contribution is 6.28. The van der Waals surface area contributed by atoms with Crippen molar-refractivity contribution in [2.45, 2.75) is 0 Å². The minimum absolute atomic E-state index is 0.0451. The van der Waals surface area contributed by atoms with Gasteiger partial charge in [0.05, 0.1) is 5.56 Å². The van der Waals surface area contributed by atoms with E-state index in [0.29, 0.717) is 22.0 Å². The van der Waals surface area contributed by atoms with Gasteiger partial charge in [-0.15, -0.1) is 0 Å². The van der Waals surface area contributed by atoms with Crippen LogP contribution in [0.4, 0.5) is 5.69 Å². The van der Waals surface area contributed by atoms with Crippen LogP contribution in [-0.2, 0) is 9.53 Å². The van der Waals surface area contributed by atoms with E-state index in [1.165, 1.54) is 18.2 Å². The molecule has 0 saturated heterocycles. The largest absolute Gasteiger partial charge is 0.452 e. The molecular formula is C26H16N2O6. The van der Waals surface area contributed by atoms with Crippen molar-refractivity contribution in [2.75, 3.05) is 11.9 Å². The van der Waals surface area contributed by atoms with Gasteiger partial charge in [-0.05, 0) is 24.3 Å². The first kappa shape index (κ1) is 21.0. The number of aromatic amines is 1. The molecule has 0 unspecified atom stereocenters. The fourth-order valence-electron chi connectivity index (χ4n) is 3.96. The summed E-state index contributed by atoms with van der Waals surface area (Å²) in [6, 6.07) is 18.8. The first-order chi connectivity index (χ1) is 16.4. The number of rotatable bonds is 4. The van der Waals surface area contributed by atoms with E-state index in [1.807, 2.05) is 0 Å². The molecule has 1 heterocycles. The molecule has 1 aliphatic rings. The Hall–Kier alpha value is -4.85. The third kappa shape index (κ3) is 3.67. The minimum atomic E-state index is -0.819. The first-order valence-corrected chi connectivity index (χ1v) is 10.3. The van der Waals surface area contributed by atoms with Gasteiger partial charge < -0.3 is 15.0 Å². The zero-order valence-electron chi connectivity index (χ0n) is 17.6. The number of ether oxygens (including phenoxy) is 1. The van der Waals surface area contributed by atoms with E-state index in [1.54, 1.807) is 48.5 Å². The molecule has 8 nitrogen and oxygen atoms in total. The molecule has 8 heteroatoms.